The average Bonchev–Trinajstić information content (AvgIpc) is 3.38. The fourth-order valence-corrected chi connectivity index (χ4v) is 5.84. The molecule has 206 valence electrons. The van der Waals surface area contributed by atoms with Crippen LogP contribution in [0.15, 0.2) is 80.8 Å². The van der Waals surface area contributed by atoms with Crippen molar-refractivity contribution in [1.82, 2.24) is 4.57 Å². The molecule has 10 heteroatoms. The molecule has 2 aromatic carbocycles. The van der Waals surface area contributed by atoms with Crippen molar-refractivity contribution in [3.05, 3.63) is 91.1 Å². The maximum atomic E-state index is 13.9. The first-order valence-electron chi connectivity index (χ1n) is 13.1. The average molecular weight is 559 g/mol. The Morgan fingerprint density at radius 3 is 2.42 bits per heavy atom. The number of aromatic nitrogens is 1. The lowest BCUT2D eigenvalue weighted by molar-refractivity contribution is -0.143. The van der Waals surface area contributed by atoms with Crippen molar-refractivity contribution in [2.24, 2.45) is 16.0 Å². The SMILES string of the molecule is CCOc1ccc([C@@H]2C(C(=O)OC(C)C)=C(C)N=c3s/c(=C\[C@@H]4C(=O)N(c5ccccc5)N=C4C)c(=O)n32)cc1. The molecule has 2 atom stereocenters. The second-order valence-corrected chi connectivity index (χ2v) is 10.8. The van der Waals surface area contributed by atoms with Crippen molar-refractivity contribution in [2.45, 2.75) is 46.8 Å². The molecule has 5 rings (SSSR count). The summed E-state index contributed by atoms with van der Waals surface area (Å²) in [6.45, 7) is 9.48. The second kappa shape index (κ2) is 11.1. The van der Waals surface area contributed by atoms with Crippen molar-refractivity contribution in [3.63, 3.8) is 0 Å². The molecule has 0 bridgehead atoms. The third kappa shape index (κ3) is 5.02. The summed E-state index contributed by atoms with van der Waals surface area (Å²) in [4.78, 5) is 45.6. The van der Waals surface area contributed by atoms with E-state index in [1.807, 2.05) is 61.5 Å². The van der Waals surface area contributed by atoms with Crippen LogP contribution in [0.2, 0.25) is 0 Å². The zero-order chi connectivity index (χ0) is 28.6. The molecule has 0 radical (unpaired) electrons. The summed E-state index contributed by atoms with van der Waals surface area (Å²) < 4.78 is 13.0. The predicted octanol–water partition coefficient (Wildman–Crippen LogP) is 3.58. The highest BCUT2D eigenvalue weighted by molar-refractivity contribution is 7.07. The number of amides is 1. The van der Waals surface area contributed by atoms with E-state index in [1.54, 1.807) is 33.8 Å². The number of hydrogen-bond acceptors (Lipinski definition) is 8. The molecule has 2 aliphatic rings. The Hall–Kier alpha value is -4.31. The van der Waals surface area contributed by atoms with Crippen molar-refractivity contribution in [2.75, 3.05) is 11.6 Å². The summed E-state index contributed by atoms with van der Waals surface area (Å²) in [5, 5.41) is 5.81. The number of fused-ring (bicyclic) bond motifs is 1. The summed E-state index contributed by atoms with van der Waals surface area (Å²) in [5.41, 5.74) is 2.38. The van der Waals surface area contributed by atoms with E-state index >= 15 is 0 Å². The fraction of sp³-hybridized carbons (Fsp3) is 0.300. The minimum absolute atomic E-state index is 0.241. The van der Waals surface area contributed by atoms with Crippen LogP contribution in [0.4, 0.5) is 5.69 Å². The Labute approximate surface area is 235 Å². The van der Waals surface area contributed by atoms with Crippen LogP contribution in [-0.4, -0.2) is 34.9 Å². The number of thiazole rings is 1. The molecule has 0 N–H and O–H groups in total. The van der Waals surface area contributed by atoms with E-state index in [1.165, 1.54) is 20.9 Å². The predicted molar refractivity (Wildman–Crippen MR) is 154 cm³/mol. The molecule has 1 amide bonds. The Balaban J connectivity index is 1.61. The number of anilines is 1. The van der Waals surface area contributed by atoms with Gasteiger partial charge in [0.1, 0.15) is 11.7 Å². The zero-order valence-electron chi connectivity index (χ0n) is 23.0. The molecule has 3 heterocycles. The van der Waals surface area contributed by atoms with Crippen molar-refractivity contribution < 1.29 is 19.1 Å². The number of esters is 1. The van der Waals surface area contributed by atoms with Gasteiger partial charge in [-0.3, -0.25) is 14.2 Å². The van der Waals surface area contributed by atoms with Gasteiger partial charge >= 0.3 is 5.97 Å². The first-order chi connectivity index (χ1) is 19.2. The highest BCUT2D eigenvalue weighted by Gasteiger charge is 2.36. The molecule has 0 fully saturated rings. The van der Waals surface area contributed by atoms with Gasteiger partial charge in [-0.05, 0) is 70.5 Å². The summed E-state index contributed by atoms with van der Waals surface area (Å²) in [6, 6.07) is 15.7. The van der Waals surface area contributed by atoms with Gasteiger partial charge in [-0.2, -0.15) is 10.1 Å². The number of allylic oxidation sites excluding steroid dienone is 1. The number of hydrazone groups is 1. The lowest BCUT2D eigenvalue weighted by Gasteiger charge is -2.25. The van der Waals surface area contributed by atoms with E-state index in [9.17, 15) is 14.4 Å². The summed E-state index contributed by atoms with van der Waals surface area (Å²) >= 11 is 1.18. The molecule has 2 aliphatic heterocycles. The normalized spacial score (nSPS) is 19.1. The minimum atomic E-state index is -0.754. The molecule has 0 aliphatic carbocycles. The van der Waals surface area contributed by atoms with Crippen LogP contribution < -0.4 is 24.6 Å². The lowest BCUT2D eigenvalue weighted by atomic mass is 9.95. The number of ether oxygens (including phenoxy) is 2. The third-order valence-electron chi connectivity index (χ3n) is 6.59. The van der Waals surface area contributed by atoms with Crippen LogP contribution in [0.1, 0.15) is 46.2 Å². The summed E-state index contributed by atoms with van der Waals surface area (Å²) in [6.07, 6.45) is 1.30. The third-order valence-corrected chi connectivity index (χ3v) is 7.59. The van der Waals surface area contributed by atoms with E-state index in [-0.39, 0.29) is 17.6 Å². The molecule has 0 saturated heterocycles. The smallest absolute Gasteiger partial charge is 0.338 e. The van der Waals surface area contributed by atoms with Crippen LogP contribution >= 0.6 is 11.3 Å². The van der Waals surface area contributed by atoms with E-state index in [4.69, 9.17) is 9.47 Å². The molecular formula is C30H30N4O5S. The lowest BCUT2D eigenvalue weighted by Crippen LogP contribution is -2.40. The second-order valence-electron chi connectivity index (χ2n) is 9.76. The zero-order valence-corrected chi connectivity index (χ0v) is 23.8. The van der Waals surface area contributed by atoms with Gasteiger partial charge in [0.2, 0.25) is 0 Å². The van der Waals surface area contributed by atoms with Gasteiger partial charge in [0.05, 0.1) is 46.0 Å². The molecule has 40 heavy (non-hydrogen) atoms. The molecule has 0 saturated carbocycles. The Morgan fingerprint density at radius 1 is 1.07 bits per heavy atom. The standard InChI is InChI=1S/C30H30N4O5S/c1-6-38-22-14-12-20(13-15-22)26-25(29(37)39-17(2)3)19(5)31-30-33(26)28(36)24(40-30)16-23-18(4)32-34(27(23)35)21-10-8-7-9-11-21/h7-17,23,26H,6H2,1-5H3/b24-16-/t23-,26+/m0/s1. The number of nitrogens with zero attached hydrogens (tertiary/aromatic N) is 4. The molecule has 9 nitrogen and oxygen atoms in total. The largest absolute Gasteiger partial charge is 0.494 e. The summed E-state index contributed by atoms with van der Waals surface area (Å²) in [7, 11) is 0. The monoisotopic (exact) mass is 558 g/mol. The maximum Gasteiger partial charge on any atom is 0.338 e. The van der Waals surface area contributed by atoms with E-state index < -0.39 is 17.9 Å². The highest BCUT2D eigenvalue weighted by atomic mass is 32.1. The Morgan fingerprint density at radius 2 is 1.77 bits per heavy atom. The number of benzene rings is 2. The number of para-hydroxylation sites is 1. The first kappa shape index (κ1) is 27.3. The van der Waals surface area contributed by atoms with Gasteiger partial charge in [0.15, 0.2) is 4.80 Å². The minimum Gasteiger partial charge on any atom is -0.494 e. The van der Waals surface area contributed by atoms with Gasteiger partial charge in [-0.25, -0.2) is 9.79 Å². The van der Waals surface area contributed by atoms with Gasteiger partial charge < -0.3 is 9.47 Å². The topological polar surface area (TPSA) is 103 Å². The number of rotatable bonds is 7. The molecular weight excluding hydrogens is 528 g/mol. The van der Waals surface area contributed by atoms with Gasteiger partial charge in [-0.1, -0.05) is 41.7 Å². The van der Waals surface area contributed by atoms with E-state index in [0.717, 1.165) is 0 Å². The first-order valence-corrected chi connectivity index (χ1v) is 13.9. The van der Waals surface area contributed by atoms with Crippen LogP contribution in [0.3, 0.4) is 0 Å². The van der Waals surface area contributed by atoms with Crippen molar-refractivity contribution >= 4 is 40.7 Å². The number of carbonyl (C=O) groups excluding carboxylic acids is 2. The summed E-state index contributed by atoms with van der Waals surface area (Å²) in [5.74, 6) is -0.785. The van der Waals surface area contributed by atoms with Gasteiger partial charge in [-0.15, -0.1) is 0 Å². The highest BCUT2D eigenvalue weighted by Crippen LogP contribution is 2.32. The molecule has 3 aromatic rings. The van der Waals surface area contributed by atoms with E-state index in [0.29, 0.717) is 49.9 Å². The Bertz CT molecular complexity index is 1700. The quantitative estimate of drug-likeness (QED) is 0.413. The van der Waals surface area contributed by atoms with Crippen LogP contribution in [0.25, 0.3) is 6.08 Å². The van der Waals surface area contributed by atoms with Gasteiger partial charge in [0.25, 0.3) is 11.5 Å². The van der Waals surface area contributed by atoms with Crippen LogP contribution in [-0.2, 0) is 14.3 Å². The maximum absolute atomic E-state index is 13.9. The van der Waals surface area contributed by atoms with Gasteiger partial charge in [0, 0.05) is 0 Å². The molecule has 1 aromatic heterocycles. The fourth-order valence-electron chi connectivity index (χ4n) is 4.78. The van der Waals surface area contributed by atoms with Crippen LogP contribution in [0, 0.1) is 5.92 Å². The molecule has 0 spiro atoms. The Kier molecular flexibility index (Phi) is 7.53. The van der Waals surface area contributed by atoms with Crippen molar-refractivity contribution in [3.8, 4) is 5.75 Å². The molecule has 0 unspecified atom stereocenters. The van der Waals surface area contributed by atoms with Crippen LogP contribution in [0.5, 0.6) is 5.75 Å². The van der Waals surface area contributed by atoms with Crippen molar-refractivity contribution in [1.29, 1.82) is 0 Å². The number of carbonyl (C=O) groups is 2. The van der Waals surface area contributed by atoms with E-state index in [2.05, 4.69) is 10.1 Å². The number of hydrogen-bond donors (Lipinski definition) is 0.